The van der Waals surface area contributed by atoms with Crippen molar-refractivity contribution in [2.24, 2.45) is 0 Å². The molecule has 0 N–H and O–H groups in total. The Kier molecular flexibility index (Phi) is 5.00. The van der Waals surface area contributed by atoms with E-state index in [1.165, 1.54) is 0 Å². The SMILES string of the molecule is COc1ccccc1-n1c(-c2ccccc2)cc(=O)c(Cl)c1-c1ccccc1. The van der Waals surface area contributed by atoms with E-state index in [1.54, 1.807) is 13.2 Å². The van der Waals surface area contributed by atoms with Crippen LogP contribution in [0.15, 0.2) is 95.8 Å². The van der Waals surface area contributed by atoms with Crippen LogP contribution in [0.1, 0.15) is 0 Å². The normalized spacial score (nSPS) is 10.6. The smallest absolute Gasteiger partial charge is 0.201 e. The molecule has 0 radical (unpaired) electrons. The Bertz CT molecular complexity index is 1170. The first kappa shape index (κ1) is 18.1. The van der Waals surface area contributed by atoms with Gasteiger partial charge in [0.2, 0.25) is 5.43 Å². The Labute approximate surface area is 168 Å². The molecule has 1 aromatic heterocycles. The van der Waals surface area contributed by atoms with Crippen LogP contribution in [0.2, 0.25) is 5.02 Å². The Morgan fingerprint density at radius 3 is 2.00 bits per heavy atom. The van der Waals surface area contributed by atoms with Crippen molar-refractivity contribution in [1.82, 2.24) is 4.57 Å². The highest BCUT2D eigenvalue weighted by Gasteiger charge is 2.20. The molecule has 3 nitrogen and oxygen atoms in total. The predicted molar refractivity (Wildman–Crippen MR) is 114 cm³/mol. The molecule has 0 amide bonds. The number of methoxy groups -OCH3 is 1. The molecule has 28 heavy (non-hydrogen) atoms. The second-order valence-corrected chi connectivity index (χ2v) is 6.67. The van der Waals surface area contributed by atoms with Gasteiger partial charge >= 0.3 is 0 Å². The Hall–Kier alpha value is -3.30. The minimum absolute atomic E-state index is 0.178. The lowest BCUT2D eigenvalue weighted by Crippen LogP contribution is -2.14. The van der Waals surface area contributed by atoms with E-state index < -0.39 is 0 Å². The third kappa shape index (κ3) is 3.21. The van der Waals surface area contributed by atoms with Crippen LogP contribution in [-0.4, -0.2) is 11.7 Å². The molecule has 0 aliphatic rings. The lowest BCUT2D eigenvalue weighted by molar-refractivity contribution is 0.413. The van der Waals surface area contributed by atoms with Gasteiger partial charge in [-0.3, -0.25) is 4.79 Å². The zero-order valence-corrected chi connectivity index (χ0v) is 16.1. The monoisotopic (exact) mass is 387 g/mol. The molecule has 0 atom stereocenters. The highest BCUT2D eigenvalue weighted by molar-refractivity contribution is 6.33. The summed E-state index contributed by atoms with van der Waals surface area (Å²) in [7, 11) is 1.63. The number of benzene rings is 3. The Morgan fingerprint density at radius 2 is 1.36 bits per heavy atom. The van der Waals surface area contributed by atoms with Gasteiger partial charge in [0.05, 0.1) is 24.2 Å². The molecule has 4 aromatic rings. The molecular formula is C24H18ClNO2. The van der Waals surface area contributed by atoms with Gasteiger partial charge in [-0.15, -0.1) is 0 Å². The van der Waals surface area contributed by atoms with Crippen molar-refractivity contribution in [3.63, 3.8) is 0 Å². The van der Waals surface area contributed by atoms with E-state index in [0.29, 0.717) is 11.4 Å². The minimum Gasteiger partial charge on any atom is -0.495 e. The van der Waals surface area contributed by atoms with Crippen LogP contribution < -0.4 is 10.2 Å². The fourth-order valence-electron chi connectivity index (χ4n) is 3.33. The average molecular weight is 388 g/mol. The van der Waals surface area contributed by atoms with Crippen molar-refractivity contribution in [3.8, 4) is 34.0 Å². The van der Waals surface area contributed by atoms with Crippen LogP contribution in [0.25, 0.3) is 28.2 Å². The fourth-order valence-corrected chi connectivity index (χ4v) is 3.57. The van der Waals surface area contributed by atoms with Crippen LogP contribution in [0, 0.1) is 0 Å². The first-order valence-electron chi connectivity index (χ1n) is 8.90. The molecule has 3 aromatic carbocycles. The number of aromatic nitrogens is 1. The predicted octanol–water partition coefficient (Wildman–Crippen LogP) is 5.83. The van der Waals surface area contributed by atoms with Crippen molar-refractivity contribution < 1.29 is 4.74 Å². The van der Waals surface area contributed by atoms with Crippen LogP contribution >= 0.6 is 11.6 Å². The number of ether oxygens (including phenoxy) is 1. The highest BCUT2D eigenvalue weighted by atomic mass is 35.5. The standard InChI is InChI=1S/C24H18ClNO2/c1-28-22-15-9-8-14-19(22)26-20(17-10-4-2-5-11-17)16-21(27)23(25)24(26)18-12-6-3-7-13-18/h2-16H,1H3. The van der Waals surface area contributed by atoms with Gasteiger partial charge in [0.1, 0.15) is 10.8 Å². The second kappa shape index (κ2) is 7.75. The second-order valence-electron chi connectivity index (χ2n) is 6.30. The molecule has 0 bridgehead atoms. The lowest BCUT2D eigenvalue weighted by atomic mass is 10.1. The number of rotatable bonds is 4. The highest BCUT2D eigenvalue weighted by Crippen LogP contribution is 2.36. The quantitative estimate of drug-likeness (QED) is 0.441. The van der Waals surface area contributed by atoms with Crippen LogP contribution in [-0.2, 0) is 0 Å². The number of halogens is 1. The van der Waals surface area contributed by atoms with Crippen LogP contribution in [0.4, 0.5) is 0 Å². The maximum Gasteiger partial charge on any atom is 0.201 e. The summed E-state index contributed by atoms with van der Waals surface area (Å²) in [6.07, 6.45) is 0. The average Bonchev–Trinajstić information content (AvgIpc) is 2.76. The van der Waals surface area contributed by atoms with E-state index in [2.05, 4.69) is 0 Å². The summed E-state index contributed by atoms with van der Waals surface area (Å²) in [5, 5.41) is 0.178. The maximum absolute atomic E-state index is 12.8. The zero-order chi connectivity index (χ0) is 19.5. The molecule has 0 aliphatic carbocycles. The van der Waals surface area contributed by atoms with E-state index in [1.807, 2.05) is 89.5 Å². The maximum atomic E-state index is 12.8. The molecule has 0 saturated heterocycles. The molecule has 0 saturated carbocycles. The van der Waals surface area contributed by atoms with Gasteiger partial charge in [-0.2, -0.15) is 0 Å². The largest absolute Gasteiger partial charge is 0.495 e. The van der Waals surface area contributed by atoms with E-state index >= 15 is 0 Å². The first-order valence-corrected chi connectivity index (χ1v) is 9.28. The van der Waals surface area contributed by atoms with E-state index in [9.17, 15) is 4.79 Å². The minimum atomic E-state index is -0.217. The summed E-state index contributed by atoms with van der Waals surface area (Å²) in [6.45, 7) is 0. The van der Waals surface area contributed by atoms with Gasteiger partial charge in [-0.1, -0.05) is 84.4 Å². The topological polar surface area (TPSA) is 31.2 Å². The molecule has 0 fully saturated rings. The third-order valence-corrected chi connectivity index (χ3v) is 4.96. The number of pyridine rings is 1. The summed E-state index contributed by atoms with van der Waals surface area (Å²) in [5.41, 5.74) is 3.75. The molecule has 0 aliphatic heterocycles. The lowest BCUT2D eigenvalue weighted by Gasteiger charge is -2.22. The summed E-state index contributed by atoms with van der Waals surface area (Å²) >= 11 is 6.56. The van der Waals surface area contributed by atoms with Crippen molar-refractivity contribution >= 4 is 11.6 Å². The van der Waals surface area contributed by atoms with Gasteiger partial charge in [-0.25, -0.2) is 0 Å². The molecular weight excluding hydrogens is 370 g/mol. The molecule has 4 rings (SSSR count). The molecule has 4 heteroatoms. The van der Waals surface area contributed by atoms with E-state index in [4.69, 9.17) is 16.3 Å². The summed E-state index contributed by atoms with van der Waals surface area (Å²) in [5.74, 6) is 0.691. The molecule has 138 valence electrons. The molecule has 0 spiro atoms. The van der Waals surface area contributed by atoms with Crippen LogP contribution in [0.5, 0.6) is 5.75 Å². The summed E-state index contributed by atoms with van der Waals surface area (Å²) in [4.78, 5) is 12.8. The van der Waals surface area contributed by atoms with Gasteiger partial charge in [0.25, 0.3) is 0 Å². The first-order chi connectivity index (χ1) is 13.7. The number of hydrogen-bond acceptors (Lipinski definition) is 2. The van der Waals surface area contributed by atoms with E-state index in [0.717, 1.165) is 22.5 Å². The Balaban J connectivity index is 2.17. The van der Waals surface area contributed by atoms with Crippen molar-refractivity contribution in [2.45, 2.75) is 0 Å². The number of hydrogen-bond donors (Lipinski definition) is 0. The van der Waals surface area contributed by atoms with Crippen molar-refractivity contribution in [3.05, 3.63) is 106 Å². The molecule has 0 unspecified atom stereocenters. The Morgan fingerprint density at radius 1 is 0.786 bits per heavy atom. The van der Waals surface area contributed by atoms with Crippen molar-refractivity contribution in [1.29, 1.82) is 0 Å². The summed E-state index contributed by atoms with van der Waals surface area (Å²) < 4.78 is 7.60. The van der Waals surface area contributed by atoms with Gasteiger partial charge in [0, 0.05) is 11.6 Å². The fraction of sp³-hybridized carbons (Fsp3) is 0.0417. The molecule has 1 heterocycles. The van der Waals surface area contributed by atoms with Gasteiger partial charge in [-0.05, 0) is 17.7 Å². The van der Waals surface area contributed by atoms with Crippen molar-refractivity contribution in [2.75, 3.05) is 7.11 Å². The van der Waals surface area contributed by atoms with Gasteiger partial charge in [0.15, 0.2) is 0 Å². The van der Waals surface area contributed by atoms with E-state index in [-0.39, 0.29) is 10.5 Å². The van der Waals surface area contributed by atoms with Gasteiger partial charge < -0.3 is 9.30 Å². The number of para-hydroxylation sites is 2. The third-order valence-electron chi connectivity index (χ3n) is 4.60. The van der Waals surface area contributed by atoms with Crippen LogP contribution in [0.3, 0.4) is 0 Å². The number of nitrogens with zero attached hydrogens (tertiary/aromatic N) is 1. The zero-order valence-electron chi connectivity index (χ0n) is 15.3. The summed E-state index contributed by atoms with van der Waals surface area (Å²) in [6, 6.07) is 28.8.